The Morgan fingerprint density at radius 2 is 1.87 bits per heavy atom. The number of rotatable bonds is 10. The average Bonchev–Trinajstić information content (AvgIpc) is 3.58. The van der Waals surface area contributed by atoms with Crippen molar-refractivity contribution in [1.82, 2.24) is 24.2 Å². The van der Waals surface area contributed by atoms with Gasteiger partial charge in [0, 0.05) is 6.42 Å². The Morgan fingerprint density at radius 1 is 1.19 bits per heavy atom. The number of alkyl halides is 2. The van der Waals surface area contributed by atoms with Gasteiger partial charge in [-0.2, -0.15) is 17.2 Å². The zero-order chi connectivity index (χ0) is 34.7. The zero-order valence-corrected chi connectivity index (χ0v) is 28.1. The van der Waals surface area contributed by atoms with Crippen LogP contribution in [0.1, 0.15) is 57.1 Å². The molecule has 1 amide bonds. The second-order valence-corrected chi connectivity index (χ2v) is 19.3. The first kappa shape index (κ1) is 35.1. The van der Waals surface area contributed by atoms with Gasteiger partial charge in [-0.05, 0) is 35.7 Å². The number of hydrogen-bond acceptors (Lipinski definition) is 13. The quantitative estimate of drug-likeness (QED) is 0.191. The molecule has 0 spiro atoms. The molecule has 0 unspecified atom stereocenters. The number of anilines is 1. The average molecular weight is 701 g/mol. The van der Waals surface area contributed by atoms with Crippen molar-refractivity contribution < 1.29 is 50.7 Å². The maximum Gasteiger partial charge on any atom is 0.362 e. The predicted molar refractivity (Wildman–Crippen MR) is 164 cm³/mol. The predicted octanol–water partition coefficient (Wildman–Crippen LogP) is 1.79. The lowest BCUT2D eigenvalue weighted by Gasteiger charge is -2.40. The van der Waals surface area contributed by atoms with Crippen LogP contribution in [0.25, 0.3) is 11.2 Å². The minimum atomic E-state index is -4.84. The molecule has 0 saturated carbocycles. The summed E-state index contributed by atoms with van der Waals surface area (Å²) in [4.78, 5) is 24.9. The van der Waals surface area contributed by atoms with Gasteiger partial charge in [0.25, 0.3) is 0 Å². The van der Waals surface area contributed by atoms with Crippen LogP contribution in [0.4, 0.5) is 14.6 Å². The monoisotopic (exact) mass is 700 g/mol. The molecule has 5 rings (SSSR count). The van der Waals surface area contributed by atoms with Gasteiger partial charge in [0.1, 0.15) is 36.3 Å². The summed E-state index contributed by atoms with van der Waals surface area (Å²) in [6.45, 7) is 9.16. The molecule has 1 aliphatic carbocycles. The third-order valence-corrected chi connectivity index (χ3v) is 14.5. The number of hydrogen-bond donors (Lipinski definition) is 5. The second kappa shape index (κ2) is 12.1. The molecule has 0 bridgehead atoms. The van der Waals surface area contributed by atoms with E-state index < -0.39 is 86.1 Å². The van der Waals surface area contributed by atoms with Crippen LogP contribution < -0.4 is 10.5 Å². The third kappa shape index (κ3) is 6.26. The summed E-state index contributed by atoms with van der Waals surface area (Å²) >= 11 is 0. The van der Waals surface area contributed by atoms with Crippen LogP contribution in [-0.2, 0) is 34.0 Å². The summed E-state index contributed by atoms with van der Waals surface area (Å²) < 4.78 is 75.9. The number of imidazole rings is 1. The Hall–Kier alpha value is -3.17. The summed E-state index contributed by atoms with van der Waals surface area (Å²) in [5.41, 5.74) is 3.11. The van der Waals surface area contributed by atoms with Crippen LogP contribution in [0.3, 0.4) is 0 Å². The van der Waals surface area contributed by atoms with Crippen molar-refractivity contribution in [1.29, 1.82) is 0 Å². The largest absolute Gasteiger partial charge is 0.407 e. The Morgan fingerprint density at radius 3 is 2.55 bits per heavy atom. The Balaban J connectivity index is 1.28. The number of carbonyl (C=O) groups is 1. The molecule has 6 atom stereocenters. The van der Waals surface area contributed by atoms with Gasteiger partial charge in [-0.15, -0.1) is 0 Å². The van der Waals surface area contributed by atoms with Crippen molar-refractivity contribution in [2.75, 3.05) is 12.3 Å². The number of fused-ring (bicyclic) bond motifs is 2. The lowest BCUT2D eigenvalue weighted by atomic mass is 9.88. The lowest BCUT2D eigenvalue weighted by molar-refractivity contribution is -0.226. The molecule has 47 heavy (non-hydrogen) atoms. The molecule has 1 aliphatic heterocycles. The molecule has 19 heteroatoms. The van der Waals surface area contributed by atoms with E-state index in [1.807, 2.05) is 33.9 Å². The van der Waals surface area contributed by atoms with Crippen LogP contribution in [0.15, 0.2) is 36.9 Å². The fourth-order valence-electron chi connectivity index (χ4n) is 5.47. The Kier molecular flexibility index (Phi) is 9.02. The molecule has 15 nitrogen and oxygen atoms in total. The van der Waals surface area contributed by atoms with Crippen LogP contribution in [-0.4, -0.2) is 88.3 Å². The molecule has 2 aromatic heterocycles. The van der Waals surface area contributed by atoms with Crippen LogP contribution >= 0.6 is 0 Å². The van der Waals surface area contributed by atoms with Gasteiger partial charge in [-0.3, -0.25) is 13.5 Å². The fourth-order valence-corrected chi connectivity index (χ4v) is 7.51. The SMILES string of the molecule is CC(C)(C)[Si](C)(C)O[C@@H]1[C@H](O)[C@@H](COS(=O)(=O)NC(=O)CC[C@]2(O)c3ccccc3[C@H](O)C2(F)F)O[C@H]1n1cnc2c(N)ncnc21. The van der Waals surface area contributed by atoms with Gasteiger partial charge < -0.3 is 30.2 Å². The molecule has 6 N–H and O–H groups in total. The van der Waals surface area contributed by atoms with Gasteiger partial charge in [0.05, 0.1) is 12.9 Å². The number of carbonyl (C=O) groups excluding carboxylic acids is 1. The van der Waals surface area contributed by atoms with Gasteiger partial charge >= 0.3 is 16.2 Å². The van der Waals surface area contributed by atoms with Crippen LogP contribution in [0.5, 0.6) is 0 Å². The topological polar surface area (TPSA) is 221 Å². The molecular weight excluding hydrogens is 662 g/mol. The molecule has 1 saturated heterocycles. The van der Waals surface area contributed by atoms with E-state index in [4.69, 9.17) is 19.1 Å². The molecule has 258 valence electrons. The van der Waals surface area contributed by atoms with Crippen molar-refractivity contribution in [2.24, 2.45) is 0 Å². The van der Waals surface area contributed by atoms with Crippen molar-refractivity contribution >= 4 is 41.5 Å². The first-order valence-electron chi connectivity index (χ1n) is 14.7. The van der Waals surface area contributed by atoms with Crippen molar-refractivity contribution in [3.63, 3.8) is 0 Å². The minimum Gasteiger partial charge on any atom is -0.407 e. The maximum absolute atomic E-state index is 14.9. The number of aliphatic hydroxyl groups is 3. The van der Waals surface area contributed by atoms with Gasteiger partial charge in [-0.25, -0.2) is 19.7 Å². The normalized spacial score (nSPS) is 27.7. The first-order valence-corrected chi connectivity index (χ1v) is 19.0. The smallest absolute Gasteiger partial charge is 0.362 e. The van der Waals surface area contributed by atoms with E-state index in [1.165, 1.54) is 41.5 Å². The van der Waals surface area contributed by atoms with E-state index in [0.29, 0.717) is 0 Å². The molecular formula is C28H38F2N6O9SSi. The maximum atomic E-state index is 14.9. The molecule has 0 radical (unpaired) electrons. The second-order valence-electron chi connectivity index (χ2n) is 13.2. The summed E-state index contributed by atoms with van der Waals surface area (Å²) in [5.74, 6) is -5.18. The van der Waals surface area contributed by atoms with Gasteiger partial charge in [0.15, 0.2) is 31.6 Å². The molecule has 1 aromatic carbocycles. The highest BCUT2D eigenvalue weighted by Gasteiger charge is 2.64. The number of nitrogens with two attached hydrogens (primary N) is 1. The number of nitrogens with one attached hydrogen (secondary N) is 1. The van der Waals surface area contributed by atoms with Crippen LogP contribution in [0.2, 0.25) is 18.1 Å². The van der Waals surface area contributed by atoms with Crippen molar-refractivity contribution in [3.8, 4) is 0 Å². The Bertz CT molecular complexity index is 1770. The highest BCUT2D eigenvalue weighted by molar-refractivity contribution is 7.85. The number of nitrogens with zero attached hydrogens (tertiary/aromatic N) is 4. The van der Waals surface area contributed by atoms with Crippen LogP contribution in [0, 0.1) is 0 Å². The highest BCUT2D eigenvalue weighted by Crippen LogP contribution is 2.56. The zero-order valence-electron chi connectivity index (χ0n) is 26.3. The summed E-state index contributed by atoms with van der Waals surface area (Å²) in [6, 6.07) is 5.24. The van der Waals surface area contributed by atoms with E-state index >= 15 is 0 Å². The number of halogens is 2. The number of nitrogen functional groups attached to an aromatic ring is 1. The fraction of sp³-hybridized carbons (Fsp3) is 0.571. The molecule has 3 aromatic rings. The Labute approximate surface area is 270 Å². The van der Waals surface area contributed by atoms with E-state index in [1.54, 1.807) is 4.72 Å². The number of ether oxygens (including phenoxy) is 1. The van der Waals surface area contributed by atoms with E-state index in [2.05, 4.69) is 15.0 Å². The molecule has 2 aliphatic rings. The lowest BCUT2D eigenvalue weighted by Crippen LogP contribution is -2.49. The summed E-state index contributed by atoms with van der Waals surface area (Å²) in [6.07, 6.45) is -6.23. The number of aliphatic hydroxyl groups excluding tert-OH is 2. The van der Waals surface area contributed by atoms with Crippen molar-refractivity contribution in [3.05, 3.63) is 48.0 Å². The molecule has 3 heterocycles. The minimum absolute atomic E-state index is 0.111. The van der Waals surface area contributed by atoms with E-state index in [9.17, 15) is 37.3 Å². The van der Waals surface area contributed by atoms with E-state index in [0.717, 1.165) is 0 Å². The summed E-state index contributed by atoms with van der Waals surface area (Å²) in [5, 5.41) is 32.0. The first-order chi connectivity index (χ1) is 21.7. The molecule has 1 fully saturated rings. The van der Waals surface area contributed by atoms with Gasteiger partial charge in [0.2, 0.25) is 5.91 Å². The third-order valence-electron chi connectivity index (χ3n) is 9.15. The standard InChI is InChI=1S/C28H38F2N6O9SSi/c1-26(2,3)47(4,5)45-21-20(38)17(44-25(21)36-14-34-19-23(31)32-13-33-24(19)36)12-43-46(41,42)35-18(37)10-11-27(40)16-9-7-6-8-15(16)22(39)28(27,29)30/h6-9,13-14,17,20-22,25,38-40H,10-12H2,1-5H3,(H,35,37)(H2,31,32,33)/t17-,20-,21-,22+,25-,27+/m1/s1. The summed E-state index contributed by atoms with van der Waals surface area (Å²) in [7, 11) is -7.40. The highest BCUT2D eigenvalue weighted by atomic mass is 32.2. The van der Waals surface area contributed by atoms with Crippen molar-refractivity contribution in [2.45, 2.75) is 93.9 Å². The van der Waals surface area contributed by atoms with Gasteiger partial charge in [-0.1, -0.05) is 45.0 Å². The number of benzene rings is 1. The number of aromatic nitrogens is 4. The van der Waals surface area contributed by atoms with E-state index in [-0.39, 0.29) is 33.1 Å². The number of amides is 1.